The molecule has 0 aliphatic carbocycles. The fourth-order valence-electron chi connectivity index (χ4n) is 2.53. The Bertz CT molecular complexity index is 891. The molecule has 0 fully saturated rings. The zero-order valence-electron chi connectivity index (χ0n) is 15.3. The third-order valence-corrected chi connectivity index (χ3v) is 4.77. The molecule has 0 aliphatic rings. The van der Waals surface area contributed by atoms with Gasteiger partial charge < -0.3 is 18.6 Å². The van der Waals surface area contributed by atoms with Gasteiger partial charge in [0.05, 0.1) is 39.3 Å². The summed E-state index contributed by atoms with van der Waals surface area (Å²) in [5, 5.41) is 2.43. The molecule has 2 heterocycles. The van der Waals surface area contributed by atoms with E-state index in [2.05, 4.69) is 4.98 Å². The van der Waals surface area contributed by atoms with Crippen molar-refractivity contribution in [2.45, 2.75) is 0 Å². The summed E-state index contributed by atoms with van der Waals surface area (Å²) in [6.07, 6.45) is 1.47. The van der Waals surface area contributed by atoms with E-state index in [4.69, 9.17) is 18.6 Å². The number of ether oxygens (including phenoxy) is 3. The lowest BCUT2D eigenvalue weighted by Gasteiger charge is -2.18. The number of thiazole rings is 1. The predicted molar refractivity (Wildman–Crippen MR) is 103 cm³/mol. The maximum Gasteiger partial charge on any atom is 0.295 e. The van der Waals surface area contributed by atoms with E-state index < -0.39 is 0 Å². The first kappa shape index (κ1) is 18.9. The van der Waals surface area contributed by atoms with Crippen LogP contribution in [0.1, 0.15) is 10.6 Å². The Hall–Kier alpha value is -2.84. The van der Waals surface area contributed by atoms with Gasteiger partial charge >= 0.3 is 0 Å². The van der Waals surface area contributed by atoms with Crippen LogP contribution in [0.25, 0.3) is 11.3 Å². The minimum atomic E-state index is -0.268. The van der Waals surface area contributed by atoms with Crippen molar-refractivity contribution in [2.75, 3.05) is 39.4 Å². The summed E-state index contributed by atoms with van der Waals surface area (Å²) < 4.78 is 21.1. The maximum atomic E-state index is 12.8. The molecule has 0 aliphatic heterocycles. The quantitative estimate of drug-likeness (QED) is 0.586. The molecule has 0 saturated carbocycles. The summed E-state index contributed by atoms with van der Waals surface area (Å²) in [6, 6.07) is 8.80. The van der Waals surface area contributed by atoms with Gasteiger partial charge in [-0.15, -0.1) is 11.3 Å². The number of hydrogen-bond donors (Lipinski definition) is 0. The van der Waals surface area contributed by atoms with E-state index in [9.17, 15) is 4.79 Å². The van der Waals surface area contributed by atoms with Crippen molar-refractivity contribution in [1.29, 1.82) is 0 Å². The zero-order chi connectivity index (χ0) is 19.2. The van der Waals surface area contributed by atoms with Crippen molar-refractivity contribution in [3.63, 3.8) is 0 Å². The van der Waals surface area contributed by atoms with Gasteiger partial charge in [-0.2, -0.15) is 0 Å². The standard InChI is InChI=1S/C19H20N2O5S/c1-23-10-8-21(18(22)17-5-4-9-26-17)19-20-15(12-27-19)14-11-13(24-2)6-7-16(14)25-3/h4-7,9,11-12H,8,10H2,1-3H3. The number of benzene rings is 1. The lowest BCUT2D eigenvalue weighted by molar-refractivity contribution is 0.0949. The topological polar surface area (TPSA) is 74.0 Å². The van der Waals surface area contributed by atoms with Gasteiger partial charge in [0.15, 0.2) is 10.9 Å². The van der Waals surface area contributed by atoms with Crippen molar-refractivity contribution >= 4 is 22.4 Å². The van der Waals surface area contributed by atoms with Gasteiger partial charge in [-0.25, -0.2) is 4.98 Å². The molecule has 2 aromatic heterocycles. The Morgan fingerprint density at radius 2 is 2.07 bits per heavy atom. The molecule has 0 atom stereocenters. The first-order chi connectivity index (χ1) is 13.2. The first-order valence-electron chi connectivity index (χ1n) is 8.20. The highest BCUT2D eigenvalue weighted by Crippen LogP contribution is 2.36. The Labute approximate surface area is 161 Å². The largest absolute Gasteiger partial charge is 0.497 e. The van der Waals surface area contributed by atoms with Crippen LogP contribution < -0.4 is 14.4 Å². The van der Waals surface area contributed by atoms with Gasteiger partial charge in [0.1, 0.15) is 11.5 Å². The lowest BCUT2D eigenvalue weighted by atomic mass is 10.1. The number of anilines is 1. The first-order valence-corrected chi connectivity index (χ1v) is 9.08. The summed E-state index contributed by atoms with van der Waals surface area (Å²) in [7, 11) is 4.79. The third-order valence-electron chi connectivity index (χ3n) is 3.90. The number of aromatic nitrogens is 1. The Kier molecular flexibility index (Phi) is 6.10. The molecular weight excluding hydrogens is 368 g/mol. The number of carbonyl (C=O) groups is 1. The molecule has 1 aromatic carbocycles. The summed E-state index contributed by atoms with van der Waals surface area (Å²) in [6.45, 7) is 0.738. The molecule has 7 nitrogen and oxygen atoms in total. The van der Waals surface area contributed by atoms with E-state index in [-0.39, 0.29) is 11.7 Å². The average molecular weight is 388 g/mol. The summed E-state index contributed by atoms with van der Waals surface area (Å²) in [5.41, 5.74) is 1.48. The van der Waals surface area contributed by atoms with Crippen LogP contribution in [0.5, 0.6) is 11.5 Å². The molecule has 0 bridgehead atoms. The van der Waals surface area contributed by atoms with E-state index >= 15 is 0 Å². The molecule has 142 valence electrons. The summed E-state index contributed by atoms with van der Waals surface area (Å²) >= 11 is 1.36. The van der Waals surface area contributed by atoms with E-state index in [1.165, 1.54) is 17.6 Å². The minimum Gasteiger partial charge on any atom is -0.497 e. The number of hydrogen-bond acceptors (Lipinski definition) is 7. The van der Waals surface area contributed by atoms with Crippen molar-refractivity contribution in [1.82, 2.24) is 4.98 Å². The van der Waals surface area contributed by atoms with Crippen molar-refractivity contribution in [3.05, 3.63) is 47.7 Å². The van der Waals surface area contributed by atoms with Crippen LogP contribution in [0.15, 0.2) is 46.4 Å². The van der Waals surface area contributed by atoms with Gasteiger partial charge in [0.25, 0.3) is 5.91 Å². The molecule has 3 aromatic rings. The molecule has 0 radical (unpaired) electrons. The van der Waals surface area contributed by atoms with Gasteiger partial charge in [-0.1, -0.05) is 0 Å². The van der Waals surface area contributed by atoms with Crippen molar-refractivity contribution in [2.24, 2.45) is 0 Å². The van der Waals surface area contributed by atoms with Crippen LogP contribution in [-0.2, 0) is 4.74 Å². The van der Waals surface area contributed by atoms with Crippen LogP contribution in [0.2, 0.25) is 0 Å². The third kappa shape index (κ3) is 4.12. The second-order valence-electron chi connectivity index (χ2n) is 5.51. The molecule has 0 N–H and O–H groups in total. The van der Waals surface area contributed by atoms with Gasteiger partial charge in [0, 0.05) is 18.1 Å². The monoisotopic (exact) mass is 388 g/mol. The normalized spacial score (nSPS) is 10.6. The van der Waals surface area contributed by atoms with E-state index in [0.29, 0.717) is 35.5 Å². The molecule has 3 rings (SSSR count). The fraction of sp³-hybridized carbons (Fsp3) is 0.263. The number of amides is 1. The van der Waals surface area contributed by atoms with Crippen LogP contribution in [0.3, 0.4) is 0 Å². The summed E-state index contributed by atoms with van der Waals surface area (Å²) in [4.78, 5) is 19.0. The van der Waals surface area contributed by atoms with Crippen LogP contribution >= 0.6 is 11.3 Å². The molecule has 1 amide bonds. The van der Waals surface area contributed by atoms with Gasteiger partial charge in [-0.05, 0) is 30.3 Å². The molecule has 27 heavy (non-hydrogen) atoms. The van der Waals surface area contributed by atoms with Crippen LogP contribution in [-0.4, -0.2) is 45.4 Å². The van der Waals surface area contributed by atoms with E-state index in [1.807, 2.05) is 23.6 Å². The van der Waals surface area contributed by atoms with E-state index in [0.717, 1.165) is 5.56 Å². The SMILES string of the molecule is COCCN(C(=O)c1ccco1)c1nc(-c2cc(OC)ccc2OC)cs1. The van der Waals surface area contributed by atoms with Crippen molar-refractivity contribution in [3.8, 4) is 22.8 Å². The number of furan rings is 1. The highest BCUT2D eigenvalue weighted by Gasteiger charge is 2.23. The molecule has 0 spiro atoms. The van der Waals surface area contributed by atoms with Crippen LogP contribution in [0.4, 0.5) is 5.13 Å². The minimum absolute atomic E-state index is 0.252. The Balaban J connectivity index is 1.95. The van der Waals surface area contributed by atoms with Crippen LogP contribution in [0, 0.1) is 0 Å². The highest BCUT2D eigenvalue weighted by molar-refractivity contribution is 7.14. The number of nitrogens with zero attached hydrogens (tertiary/aromatic N) is 2. The Morgan fingerprint density at radius 3 is 2.74 bits per heavy atom. The van der Waals surface area contributed by atoms with E-state index in [1.54, 1.807) is 38.4 Å². The fourth-order valence-corrected chi connectivity index (χ4v) is 3.38. The molecular formula is C19H20N2O5S. The molecule has 0 saturated heterocycles. The highest BCUT2D eigenvalue weighted by atomic mass is 32.1. The maximum absolute atomic E-state index is 12.8. The second-order valence-corrected chi connectivity index (χ2v) is 6.34. The number of rotatable bonds is 8. The Morgan fingerprint density at radius 1 is 1.22 bits per heavy atom. The lowest BCUT2D eigenvalue weighted by Crippen LogP contribution is -2.33. The second kappa shape index (κ2) is 8.70. The summed E-state index contributed by atoms with van der Waals surface area (Å²) in [5.74, 6) is 1.36. The average Bonchev–Trinajstić information content (AvgIpc) is 3.40. The van der Waals surface area contributed by atoms with Gasteiger partial charge in [-0.3, -0.25) is 9.69 Å². The smallest absolute Gasteiger partial charge is 0.295 e. The van der Waals surface area contributed by atoms with Crippen molar-refractivity contribution < 1.29 is 23.4 Å². The molecule has 8 heteroatoms. The number of methoxy groups -OCH3 is 3. The van der Waals surface area contributed by atoms with Gasteiger partial charge in [0.2, 0.25) is 0 Å². The zero-order valence-corrected chi connectivity index (χ0v) is 16.1. The predicted octanol–water partition coefficient (Wildman–Crippen LogP) is 3.71. The number of carbonyl (C=O) groups excluding carboxylic acids is 1. The molecule has 0 unspecified atom stereocenters.